The van der Waals surface area contributed by atoms with Crippen LogP contribution in [-0.2, 0) is 0 Å². The van der Waals surface area contributed by atoms with E-state index in [1.807, 2.05) is 0 Å². The van der Waals surface area contributed by atoms with Gasteiger partial charge in [0.25, 0.3) is 5.91 Å². The van der Waals surface area contributed by atoms with E-state index in [2.05, 4.69) is 5.32 Å². The smallest absolute Gasteiger partial charge is 0.433 e. The minimum absolute atomic E-state index is 0.152. The molecule has 2 atom stereocenters. The zero-order valence-electron chi connectivity index (χ0n) is 11.2. The molecular weight excluding hydrogens is 280 g/mol. The molecule has 1 amide bonds. The highest BCUT2D eigenvalue weighted by Gasteiger charge is 2.20. The molecule has 2 N–H and O–H groups in total. The minimum Gasteiger partial charge on any atom is -0.467 e. The molecule has 0 radical (unpaired) electrons. The highest BCUT2D eigenvalue weighted by atomic mass is 16.6. The van der Waals surface area contributed by atoms with Crippen LogP contribution in [0.2, 0.25) is 0 Å². The van der Waals surface area contributed by atoms with Crippen LogP contribution in [0.1, 0.15) is 35.8 Å². The molecule has 8 nitrogen and oxygen atoms in total. The van der Waals surface area contributed by atoms with Crippen molar-refractivity contribution in [2.45, 2.75) is 25.5 Å². The first-order valence-electron chi connectivity index (χ1n) is 6.24. The summed E-state index contributed by atoms with van der Waals surface area (Å²) in [6.07, 6.45) is 0.840. The standard InChI is InChI=1S/C13H14N2O6/c1-8(7-9(16)10-3-2-6-20-10)14-13(17)11-4-5-12(21-11)15(18)19/h2-6,8-9,16H,7H2,1H3,(H,14,17)/t8-,9-/m1/s1. The number of nitrogens with one attached hydrogen (secondary N) is 1. The molecule has 0 aliphatic heterocycles. The summed E-state index contributed by atoms with van der Waals surface area (Å²) in [5, 5.41) is 22.9. The number of aliphatic hydroxyl groups excluding tert-OH is 1. The molecule has 2 heterocycles. The van der Waals surface area contributed by atoms with Gasteiger partial charge < -0.3 is 19.3 Å². The van der Waals surface area contributed by atoms with Crippen LogP contribution in [0, 0.1) is 10.1 Å². The number of carbonyl (C=O) groups is 1. The Balaban J connectivity index is 1.91. The summed E-state index contributed by atoms with van der Waals surface area (Å²) in [6.45, 7) is 1.70. The number of aliphatic hydroxyl groups is 1. The second kappa shape index (κ2) is 6.23. The fourth-order valence-electron chi connectivity index (χ4n) is 1.83. The van der Waals surface area contributed by atoms with Crippen LogP contribution < -0.4 is 5.32 Å². The first kappa shape index (κ1) is 14.8. The fraction of sp³-hybridized carbons (Fsp3) is 0.308. The lowest BCUT2D eigenvalue weighted by Gasteiger charge is -2.15. The highest BCUT2D eigenvalue weighted by molar-refractivity contribution is 5.91. The monoisotopic (exact) mass is 294 g/mol. The summed E-state index contributed by atoms with van der Waals surface area (Å²) >= 11 is 0. The van der Waals surface area contributed by atoms with E-state index >= 15 is 0 Å². The SMILES string of the molecule is C[C@H](C[C@@H](O)c1ccco1)NC(=O)c1ccc([N+](=O)[O-])o1. The highest BCUT2D eigenvalue weighted by Crippen LogP contribution is 2.19. The van der Waals surface area contributed by atoms with Crippen LogP contribution in [0.5, 0.6) is 0 Å². The summed E-state index contributed by atoms with van der Waals surface area (Å²) in [5.41, 5.74) is 0. The number of nitrogens with zero attached hydrogens (tertiary/aromatic N) is 1. The third-order valence-electron chi connectivity index (χ3n) is 2.82. The minimum atomic E-state index is -0.846. The Morgan fingerprint density at radius 2 is 2.24 bits per heavy atom. The number of hydrogen-bond acceptors (Lipinski definition) is 6. The van der Waals surface area contributed by atoms with Gasteiger partial charge in [-0.3, -0.25) is 14.9 Å². The van der Waals surface area contributed by atoms with Gasteiger partial charge in [-0.05, 0) is 25.1 Å². The largest absolute Gasteiger partial charge is 0.467 e. The Hall–Kier alpha value is -2.61. The summed E-state index contributed by atoms with van der Waals surface area (Å²) in [4.78, 5) is 21.6. The first-order valence-corrected chi connectivity index (χ1v) is 6.24. The van der Waals surface area contributed by atoms with E-state index in [1.165, 1.54) is 12.3 Å². The molecule has 0 spiro atoms. The molecule has 0 aliphatic carbocycles. The average Bonchev–Trinajstić information content (AvgIpc) is 3.10. The van der Waals surface area contributed by atoms with E-state index in [0.29, 0.717) is 5.76 Å². The number of hydrogen-bond donors (Lipinski definition) is 2. The van der Waals surface area contributed by atoms with Gasteiger partial charge >= 0.3 is 5.88 Å². The lowest BCUT2D eigenvalue weighted by Crippen LogP contribution is -2.33. The maximum Gasteiger partial charge on any atom is 0.433 e. The van der Waals surface area contributed by atoms with Crippen molar-refractivity contribution in [2.24, 2.45) is 0 Å². The van der Waals surface area contributed by atoms with Crippen LogP contribution in [-0.4, -0.2) is 22.0 Å². The van der Waals surface area contributed by atoms with Gasteiger partial charge in [0.1, 0.15) is 16.8 Å². The van der Waals surface area contributed by atoms with Gasteiger partial charge in [-0.2, -0.15) is 0 Å². The molecular formula is C13H14N2O6. The lowest BCUT2D eigenvalue weighted by atomic mass is 10.1. The van der Waals surface area contributed by atoms with E-state index in [0.717, 1.165) is 6.07 Å². The molecule has 0 saturated carbocycles. The van der Waals surface area contributed by atoms with Crippen LogP contribution in [0.25, 0.3) is 0 Å². The van der Waals surface area contributed by atoms with Gasteiger partial charge in [0.2, 0.25) is 0 Å². The molecule has 112 valence electrons. The molecule has 21 heavy (non-hydrogen) atoms. The Kier molecular flexibility index (Phi) is 4.39. The molecule has 0 aliphatic rings. The molecule has 0 aromatic carbocycles. The van der Waals surface area contributed by atoms with Crippen LogP contribution in [0.3, 0.4) is 0 Å². The summed E-state index contributed by atoms with van der Waals surface area (Å²) in [7, 11) is 0. The van der Waals surface area contributed by atoms with Crippen molar-refractivity contribution < 1.29 is 23.7 Å². The second-order valence-electron chi connectivity index (χ2n) is 4.54. The zero-order valence-corrected chi connectivity index (χ0v) is 11.2. The fourth-order valence-corrected chi connectivity index (χ4v) is 1.83. The maximum absolute atomic E-state index is 11.8. The van der Waals surface area contributed by atoms with Crippen molar-refractivity contribution in [2.75, 3.05) is 0 Å². The van der Waals surface area contributed by atoms with Gasteiger partial charge in [-0.25, -0.2) is 0 Å². The molecule has 0 saturated heterocycles. The Morgan fingerprint density at radius 3 is 2.81 bits per heavy atom. The van der Waals surface area contributed by atoms with Gasteiger partial charge in [-0.15, -0.1) is 0 Å². The first-order chi connectivity index (χ1) is 9.97. The number of furan rings is 2. The molecule has 0 bridgehead atoms. The third-order valence-corrected chi connectivity index (χ3v) is 2.82. The third kappa shape index (κ3) is 3.69. The molecule has 0 fully saturated rings. The van der Waals surface area contributed by atoms with Crippen molar-refractivity contribution in [3.63, 3.8) is 0 Å². The van der Waals surface area contributed by atoms with Crippen LogP contribution in [0.4, 0.5) is 5.88 Å². The second-order valence-corrected chi connectivity index (χ2v) is 4.54. The average molecular weight is 294 g/mol. The van der Waals surface area contributed by atoms with Gasteiger partial charge in [0.05, 0.1) is 12.3 Å². The van der Waals surface area contributed by atoms with E-state index in [-0.39, 0.29) is 18.2 Å². The predicted molar refractivity (Wildman–Crippen MR) is 70.6 cm³/mol. The Bertz CT molecular complexity index is 618. The van der Waals surface area contributed by atoms with Gasteiger partial charge in [-0.1, -0.05) is 0 Å². The maximum atomic E-state index is 11.8. The van der Waals surface area contributed by atoms with Crippen molar-refractivity contribution >= 4 is 11.8 Å². The quantitative estimate of drug-likeness (QED) is 0.621. The van der Waals surface area contributed by atoms with Crippen molar-refractivity contribution in [3.05, 3.63) is 52.2 Å². The van der Waals surface area contributed by atoms with E-state index in [4.69, 9.17) is 8.83 Å². The number of carbonyl (C=O) groups excluding carboxylic acids is 1. The molecule has 2 aromatic rings. The number of nitro groups is 1. The van der Waals surface area contributed by atoms with E-state index in [1.54, 1.807) is 19.1 Å². The Morgan fingerprint density at radius 1 is 1.48 bits per heavy atom. The Labute approximate surface area is 119 Å². The number of rotatable bonds is 6. The molecule has 2 aromatic heterocycles. The van der Waals surface area contributed by atoms with Crippen molar-refractivity contribution in [1.82, 2.24) is 5.32 Å². The molecule has 2 rings (SSSR count). The lowest BCUT2D eigenvalue weighted by molar-refractivity contribution is -0.402. The van der Waals surface area contributed by atoms with Crippen molar-refractivity contribution in [3.8, 4) is 0 Å². The predicted octanol–water partition coefficient (Wildman–Crippen LogP) is 2.02. The normalized spacial score (nSPS) is 13.6. The van der Waals surface area contributed by atoms with Crippen LogP contribution >= 0.6 is 0 Å². The molecule has 0 unspecified atom stereocenters. The molecule has 8 heteroatoms. The van der Waals surface area contributed by atoms with Gasteiger partial charge in [0.15, 0.2) is 5.76 Å². The topological polar surface area (TPSA) is 119 Å². The summed E-state index contributed by atoms with van der Waals surface area (Å²) in [5.74, 6) is -0.823. The number of amides is 1. The van der Waals surface area contributed by atoms with E-state index < -0.39 is 22.8 Å². The van der Waals surface area contributed by atoms with Gasteiger partial charge in [0, 0.05) is 12.5 Å². The van der Waals surface area contributed by atoms with E-state index in [9.17, 15) is 20.0 Å². The zero-order chi connectivity index (χ0) is 15.4. The van der Waals surface area contributed by atoms with Crippen LogP contribution in [0.15, 0.2) is 39.4 Å². The van der Waals surface area contributed by atoms with Crippen molar-refractivity contribution in [1.29, 1.82) is 0 Å². The summed E-state index contributed by atoms with van der Waals surface area (Å²) < 4.78 is 9.85. The summed E-state index contributed by atoms with van der Waals surface area (Å²) in [6, 6.07) is 5.25.